The summed E-state index contributed by atoms with van der Waals surface area (Å²) in [6.07, 6.45) is 0. The molecule has 0 radical (unpaired) electrons. The average Bonchev–Trinajstić information content (AvgIpc) is 2.16. The summed E-state index contributed by atoms with van der Waals surface area (Å²) >= 11 is 5.64. The minimum absolute atomic E-state index is 0.300. The monoisotopic (exact) mass is 199 g/mol. The van der Waals surface area contributed by atoms with Gasteiger partial charge in [-0.15, -0.1) is 11.6 Å². The summed E-state index contributed by atoms with van der Waals surface area (Å²) in [6.45, 7) is 2.82. The third kappa shape index (κ3) is 3.66. The van der Waals surface area contributed by atoms with Crippen LogP contribution in [0.4, 0.5) is 0 Å². The van der Waals surface area contributed by atoms with Crippen LogP contribution in [0.15, 0.2) is 24.3 Å². The number of halogens is 1. The Kier molecular flexibility index (Phi) is 4.06. The van der Waals surface area contributed by atoms with Crippen molar-refractivity contribution < 1.29 is 5.11 Å². The van der Waals surface area contributed by atoms with Gasteiger partial charge in [0, 0.05) is 18.5 Å². The standard InChI is InChI=1S/C10H14ClNO/c1-8(6-11)12-7-9-2-4-10(13)5-3-9/h2-5,8,12-13H,6-7H2,1H3. The predicted octanol–water partition coefficient (Wildman–Crippen LogP) is 2.11. The van der Waals surface area contributed by atoms with Crippen molar-refractivity contribution >= 4 is 11.6 Å². The molecule has 0 aliphatic rings. The van der Waals surface area contributed by atoms with E-state index in [1.165, 1.54) is 0 Å². The first-order chi connectivity index (χ1) is 6.22. The summed E-state index contributed by atoms with van der Waals surface area (Å²) in [7, 11) is 0. The van der Waals surface area contributed by atoms with E-state index in [1.54, 1.807) is 12.1 Å². The lowest BCUT2D eigenvalue weighted by atomic mass is 10.2. The minimum Gasteiger partial charge on any atom is -0.508 e. The second-order valence-corrected chi connectivity index (χ2v) is 3.41. The molecule has 0 amide bonds. The fraction of sp³-hybridized carbons (Fsp3) is 0.400. The molecule has 1 atom stereocenters. The van der Waals surface area contributed by atoms with Gasteiger partial charge in [-0.25, -0.2) is 0 Å². The molecule has 0 bridgehead atoms. The third-order valence-electron chi connectivity index (χ3n) is 1.82. The van der Waals surface area contributed by atoms with Crippen LogP contribution >= 0.6 is 11.6 Å². The molecular formula is C10H14ClNO. The van der Waals surface area contributed by atoms with Crippen LogP contribution in [-0.2, 0) is 6.54 Å². The minimum atomic E-state index is 0.300. The van der Waals surface area contributed by atoms with E-state index < -0.39 is 0 Å². The molecule has 13 heavy (non-hydrogen) atoms. The fourth-order valence-corrected chi connectivity index (χ4v) is 1.07. The van der Waals surface area contributed by atoms with E-state index in [9.17, 15) is 0 Å². The maximum absolute atomic E-state index is 9.04. The van der Waals surface area contributed by atoms with E-state index in [1.807, 2.05) is 19.1 Å². The first-order valence-corrected chi connectivity index (χ1v) is 4.83. The van der Waals surface area contributed by atoms with Crippen molar-refractivity contribution in [2.45, 2.75) is 19.5 Å². The Bertz CT molecular complexity index is 248. The SMILES string of the molecule is CC(CCl)NCc1ccc(O)cc1. The van der Waals surface area contributed by atoms with Crippen LogP contribution in [0.25, 0.3) is 0 Å². The summed E-state index contributed by atoms with van der Waals surface area (Å²) in [5, 5.41) is 12.3. The van der Waals surface area contributed by atoms with Crippen LogP contribution in [0.1, 0.15) is 12.5 Å². The highest BCUT2D eigenvalue weighted by molar-refractivity contribution is 6.18. The zero-order chi connectivity index (χ0) is 9.68. The summed E-state index contributed by atoms with van der Waals surface area (Å²) < 4.78 is 0. The van der Waals surface area contributed by atoms with Gasteiger partial charge in [0.15, 0.2) is 0 Å². The van der Waals surface area contributed by atoms with Crippen molar-refractivity contribution in [3.05, 3.63) is 29.8 Å². The molecule has 0 aromatic heterocycles. The maximum atomic E-state index is 9.04. The summed E-state index contributed by atoms with van der Waals surface area (Å²) in [5.41, 5.74) is 1.15. The Labute approximate surface area is 83.5 Å². The number of benzene rings is 1. The van der Waals surface area contributed by atoms with E-state index in [-0.39, 0.29) is 0 Å². The van der Waals surface area contributed by atoms with E-state index in [4.69, 9.17) is 16.7 Å². The molecule has 72 valence electrons. The van der Waals surface area contributed by atoms with E-state index in [2.05, 4.69) is 5.32 Å². The Hall–Kier alpha value is -0.730. The first kappa shape index (κ1) is 10.4. The number of phenolic OH excluding ortho intramolecular Hbond substituents is 1. The van der Waals surface area contributed by atoms with E-state index in [0.29, 0.717) is 17.7 Å². The van der Waals surface area contributed by atoms with E-state index in [0.717, 1.165) is 12.1 Å². The summed E-state index contributed by atoms with van der Waals surface area (Å²) in [4.78, 5) is 0. The molecule has 2 N–H and O–H groups in total. The second kappa shape index (κ2) is 5.10. The fourth-order valence-electron chi connectivity index (χ4n) is 0.960. The zero-order valence-corrected chi connectivity index (χ0v) is 8.38. The van der Waals surface area contributed by atoms with Crippen molar-refractivity contribution in [2.75, 3.05) is 5.88 Å². The molecule has 0 heterocycles. The van der Waals surface area contributed by atoms with Crippen LogP contribution in [0, 0.1) is 0 Å². The second-order valence-electron chi connectivity index (χ2n) is 3.10. The van der Waals surface area contributed by atoms with Gasteiger partial charge >= 0.3 is 0 Å². The van der Waals surface area contributed by atoms with Gasteiger partial charge in [0.1, 0.15) is 5.75 Å². The van der Waals surface area contributed by atoms with Crippen LogP contribution < -0.4 is 5.32 Å². The van der Waals surface area contributed by atoms with E-state index >= 15 is 0 Å². The lowest BCUT2D eigenvalue weighted by Gasteiger charge is -2.09. The highest BCUT2D eigenvalue weighted by atomic mass is 35.5. The van der Waals surface area contributed by atoms with Crippen LogP contribution in [0.5, 0.6) is 5.75 Å². The summed E-state index contributed by atoms with van der Waals surface area (Å²) in [5.74, 6) is 0.909. The molecule has 1 aromatic carbocycles. The molecular weight excluding hydrogens is 186 g/mol. The van der Waals surface area contributed by atoms with Gasteiger partial charge in [-0.3, -0.25) is 0 Å². The predicted molar refractivity (Wildman–Crippen MR) is 55.1 cm³/mol. The Morgan fingerprint density at radius 2 is 2.00 bits per heavy atom. The first-order valence-electron chi connectivity index (χ1n) is 4.29. The van der Waals surface area contributed by atoms with Crippen molar-refractivity contribution in [1.29, 1.82) is 0 Å². The Balaban J connectivity index is 2.41. The van der Waals surface area contributed by atoms with Crippen molar-refractivity contribution in [2.24, 2.45) is 0 Å². The van der Waals surface area contributed by atoms with Gasteiger partial charge in [-0.1, -0.05) is 12.1 Å². The Morgan fingerprint density at radius 1 is 1.38 bits per heavy atom. The molecule has 0 fully saturated rings. The van der Waals surface area contributed by atoms with Gasteiger partial charge in [-0.05, 0) is 24.6 Å². The van der Waals surface area contributed by atoms with Crippen LogP contribution in [0.2, 0.25) is 0 Å². The van der Waals surface area contributed by atoms with Gasteiger partial charge in [0.25, 0.3) is 0 Å². The lowest BCUT2D eigenvalue weighted by molar-refractivity contribution is 0.475. The molecule has 1 aromatic rings. The van der Waals surface area contributed by atoms with Gasteiger partial charge < -0.3 is 10.4 Å². The zero-order valence-electron chi connectivity index (χ0n) is 7.63. The quantitative estimate of drug-likeness (QED) is 0.729. The summed E-state index contributed by atoms with van der Waals surface area (Å²) in [6, 6.07) is 7.47. The number of hydrogen-bond acceptors (Lipinski definition) is 2. The van der Waals surface area contributed by atoms with Crippen molar-refractivity contribution in [3.8, 4) is 5.75 Å². The number of aromatic hydroxyl groups is 1. The van der Waals surface area contributed by atoms with Gasteiger partial charge in [0.2, 0.25) is 0 Å². The average molecular weight is 200 g/mol. The molecule has 1 rings (SSSR count). The smallest absolute Gasteiger partial charge is 0.115 e. The van der Waals surface area contributed by atoms with Gasteiger partial charge in [-0.2, -0.15) is 0 Å². The maximum Gasteiger partial charge on any atom is 0.115 e. The van der Waals surface area contributed by atoms with Crippen LogP contribution in [0.3, 0.4) is 0 Å². The van der Waals surface area contributed by atoms with Crippen molar-refractivity contribution in [1.82, 2.24) is 5.32 Å². The lowest BCUT2D eigenvalue weighted by Crippen LogP contribution is -2.26. The highest BCUT2D eigenvalue weighted by Gasteiger charge is 1.98. The molecule has 0 spiro atoms. The number of hydrogen-bond donors (Lipinski definition) is 2. The molecule has 1 unspecified atom stereocenters. The Morgan fingerprint density at radius 3 is 2.54 bits per heavy atom. The molecule has 0 saturated carbocycles. The largest absolute Gasteiger partial charge is 0.508 e. The van der Waals surface area contributed by atoms with Gasteiger partial charge in [0.05, 0.1) is 0 Å². The molecule has 3 heteroatoms. The highest BCUT2D eigenvalue weighted by Crippen LogP contribution is 2.09. The number of phenols is 1. The number of alkyl halides is 1. The van der Waals surface area contributed by atoms with Crippen molar-refractivity contribution in [3.63, 3.8) is 0 Å². The normalized spacial score (nSPS) is 12.8. The third-order valence-corrected chi connectivity index (χ3v) is 2.29. The van der Waals surface area contributed by atoms with Crippen LogP contribution in [-0.4, -0.2) is 17.0 Å². The number of nitrogens with one attached hydrogen (secondary N) is 1. The molecule has 0 aliphatic carbocycles. The molecule has 2 nitrogen and oxygen atoms in total. The topological polar surface area (TPSA) is 32.3 Å². The molecule has 0 saturated heterocycles. The number of rotatable bonds is 4. The molecule has 0 aliphatic heterocycles.